The molecule has 0 radical (unpaired) electrons. The number of thioether (sulfide) groups is 1. The number of ether oxygens (including phenoxy) is 5. The largest absolute Gasteiger partial charge is 0.448 e. The van der Waals surface area contributed by atoms with Crippen LogP contribution < -0.4 is 4.74 Å². The van der Waals surface area contributed by atoms with Gasteiger partial charge in [0.15, 0.2) is 12.4 Å². The Kier molecular flexibility index (Phi) is 8.39. The van der Waals surface area contributed by atoms with Crippen molar-refractivity contribution in [1.29, 1.82) is 0 Å². The summed E-state index contributed by atoms with van der Waals surface area (Å²) in [5, 5.41) is -0.168. The number of nitrogens with zero attached hydrogens (tertiary/aromatic N) is 1. The fourth-order valence-electron chi connectivity index (χ4n) is 5.79. The maximum absolute atomic E-state index is 14.0. The number of benzene rings is 4. The molecule has 2 unspecified atom stereocenters. The van der Waals surface area contributed by atoms with Crippen molar-refractivity contribution in [3.05, 3.63) is 131 Å². The number of rotatable bonds is 6. The molecule has 0 N–H and O–H groups in total. The lowest BCUT2D eigenvalue weighted by atomic mass is 9.95. The number of fused-ring (bicyclic) bond motifs is 2. The average Bonchev–Trinajstić information content (AvgIpc) is 3.32. The van der Waals surface area contributed by atoms with Crippen LogP contribution in [0.2, 0.25) is 0 Å². The topological polar surface area (TPSA) is 83.5 Å². The molecule has 2 saturated heterocycles. The van der Waals surface area contributed by atoms with Crippen LogP contribution >= 0.6 is 24.0 Å². The van der Waals surface area contributed by atoms with Crippen LogP contribution in [-0.4, -0.2) is 58.3 Å². The highest BCUT2D eigenvalue weighted by molar-refractivity contribution is 7.99. The Morgan fingerprint density at radius 1 is 0.822 bits per heavy atom. The maximum atomic E-state index is 14.0. The lowest BCUT2D eigenvalue weighted by molar-refractivity contribution is -0.308. The maximum Gasteiger partial charge on any atom is 0.358 e. The second-order valence-corrected chi connectivity index (χ2v) is 12.4. The molecular weight excluding hydrogens is 611 g/mol. The minimum Gasteiger partial charge on any atom is -0.448 e. The van der Waals surface area contributed by atoms with E-state index in [1.54, 1.807) is 36.4 Å². The van der Waals surface area contributed by atoms with E-state index in [2.05, 4.69) is 0 Å². The lowest BCUT2D eigenvalue weighted by Gasteiger charge is -2.50. The summed E-state index contributed by atoms with van der Waals surface area (Å²) in [4.78, 5) is 30.1. The molecule has 4 aromatic carbocycles. The number of carbonyl (C=O) groups is 2. The van der Waals surface area contributed by atoms with Crippen molar-refractivity contribution in [2.75, 3.05) is 6.61 Å². The minimum atomic E-state index is -0.958. The highest BCUT2D eigenvalue weighted by Crippen LogP contribution is 2.43. The first-order valence-corrected chi connectivity index (χ1v) is 15.9. The van der Waals surface area contributed by atoms with E-state index in [0.29, 0.717) is 16.9 Å². The predicted molar refractivity (Wildman–Crippen MR) is 171 cm³/mol. The van der Waals surface area contributed by atoms with E-state index in [4.69, 9.17) is 35.9 Å². The van der Waals surface area contributed by atoms with Gasteiger partial charge in [-0.05, 0) is 43.3 Å². The normalized spacial score (nSPS) is 25.8. The van der Waals surface area contributed by atoms with E-state index >= 15 is 0 Å². The summed E-state index contributed by atoms with van der Waals surface area (Å²) in [6.07, 6.45) is -3.05. The van der Waals surface area contributed by atoms with Gasteiger partial charge in [0, 0.05) is 22.7 Å². The summed E-state index contributed by atoms with van der Waals surface area (Å²) in [7, 11) is 0. The second-order valence-electron chi connectivity index (χ2n) is 10.9. The molecule has 2 fully saturated rings. The Bertz CT molecular complexity index is 1670. The average molecular weight is 640 g/mol. The van der Waals surface area contributed by atoms with Gasteiger partial charge in [0.05, 0.1) is 17.7 Å². The van der Waals surface area contributed by atoms with Crippen molar-refractivity contribution in [3.63, 3.8) is 0 Å². The molecule has 228 valence electrons. The third-order valence-electron chi connectivity index (χ3n) is 7.95. The zero-order valence-corrected chi connectivity index (χ0v) is 25.8. The van der Waals surface area contributed by atoms with E-state index < -0.39 is 47.9 Å². The lowest BCUT2D eigenvalue weighted by Crippen LogP contribution is -2.67. The van der Waals surface area contributed by atoms with Gasteiger partial charge in [0.2, 0.25) is 0 Å². The van der Waals surface area contributed by atoms with E-state index in [1.807, 2.05) is 79.7 Å². The van der Waals surface area contributed by atoms with Crippen LogP contribution in [0.15, 0.2) is 114 Å². The summed E-state index contributed by atoms with van der Waals surface area (Å²) >= 11 is 7.00. The summed E-state index contributed by atoms with van der Waals surface area (Å²) in [5.41, 5.74) is 1.81. The number of hydrogen-bond acceptors (Lipinski definition) is 9. The van der Waals surface area contributed by atoms with Gasteiger partial charge in [-0.25, -0.2) is 0 Å². The van der Waals surface area contributed by atoms with Crippen LogP contribution in [0.4, 0.5) is 0 Å². The van der Waals surface area contributed by atoms with E-state index in [9.17, 15) is 9.59 Å². The number of aryl methyl sites for hydroxylation is 1. The van der Waals surface area contributed by atoms with Crippen molar-refractivity contribution in [2.45, 2.75) is 47.9 Å². The van der Waals surface area contributed by atoms with Crippen LogP contribution in [0.5, 0.6) is 5.75 Å². The minimum absolute atomic E-state index is 0.168. The number of amides is 2. The Morgan fingerprint density at radius 2 is 1.44 bits per heavy atom. The standard InChI is InChI=1S/C35H29NO7S2/c1-21-16-18-24(19-17-21)45-34-28(36-31(37)25-14-8-9-15-26(25)32(36)38)30(43-35(44)40-23-12-6-3-7-13-23)29-27(41-34)20-39-33(42-29)22-10-4-2-5-11-22/h2-19,27-30,33-34H,20H2,1H3/t27-,28-,29-,30-,33?,34?/m1/s1. The van der Waals surface area contributed by atoms with E-state index in [-0.39, 0.29) is 11.8 Å². The zero-order chi connectivity index (χ0) is 30.9. The molecule has 10 heteroatoms. The fourth-order valence-corrected chi connectivity index (χ4v) is 7.17. The summed E-state index contributed by atoms with van der Waals surface area (Å²) in [5.74, 6) is -0.385. The molecular formula is C35H29NO7S2. The van der Waals surface area contributed by atoms with Gasteiger partial charge in [-0.1, -0.05) is 90.1 Å². The van der Waals surface area contributed by atoms with Crippen LogP contribution in [0, 0.1) is 6.92 Å². The molecule has 0 spiro atoms. The third kappa shape index (κ3) is 5.99. The zero-order valence-electron chi connectivity index (χ0n) is 24.2. The molecule has 2 amide bonds. The monoisotopic (exact) mass is 639 g/mol. The Labute approximate surface area is 270 Å². The van der Waals surface area contributed by atoms with Gasteiger partial charge < -0.3 is 23.7 Å². The van der Waals surface area contributed by atoms with E-state index in [1.165, 1.54) is 16.7 Å². The number of carbonyl (C=O) groups excluding carboxylic acids is 2. The third-order valence-corrected chi connectivity index (χ3v) is 9.30. The molecule has 0 saturated carbocycles. The Balaban J connectivity index is 1.29. The first-order chi connectivity index (χ1) is 22.0. The molecule has 45 heavy (non-hydrogen) atoms. The van der Waals surface area contributed by atoms with Crippen molar-refractivity contribution in [3.8, 4) is 5.75 Å². The molecule has 6 atom stereocenters. The number of imide groups is 1. The van der Waals surface area contributed by atoms with Gasteiger partial charge in [-0.15, -0.1) is 0 Å². The van der Waals surface area contributed by atoms with Gasteiger partial charge in [-0.3, -0.25) is 14.5 Å². The molecule has 4 aromatic rings. The molecule has 0 bridgehead atoms. The van der Waals surface area contributed by atoms with Crippen molar-refractivity contribution in [1.82, 2.24) is 4.90 Å². The molecule has 8 nitrogen and oxygen atoms in total. The predicted octanol–water partition coefficient (Wildman–Crippen LogP) is 6.34. The highest BCUT2D eigenvalue weighted by atomic mass is 32.2. The fraction of sp³-hybridized carbons (Fsp3) is 0.229. The highest BCUT2D eigenvalue weighted by Gasteiger charge is 2.57. The van der Waals surface area contributed by atoms with Crippen LogP contribution in [-0.2, 0) is 18.9 Å². The molecule has 0 aliphatic carbocycles. The smallest absolute Gasteiger partial charge is 0.358 e. The van der Waals surface area contributed by atoms with Crippen LogP contribution in [0.25, 0.3) is 0 Å². The molecule has 3 aliphatic heterocycles. The first-order valence-electron chi connectivity index (χ1n) is 14.6. The molecule has 3 aliphatic rings. The number of para-hydroxylation sites is 1. The van der Waals surface area contributed by atoms with Gasteiger partial charge in [-0.2, -0.15) is 0 Å². The second kappa shape index (κ2) is 12.7. The Hall–Kier alpha value is -4.06. The van der Waals surface area contributed by atoms with Crippen molar-refractivity contribution < 1.29 is 33.3 Å². The van der Waals surface area contributed by atoms with E-state index in [0.717, 1.165) is 16.0 Å². The molecule has 3 heterocycles. The number of hydrogen-bond donors (Lipinski definition) is 0. The van der Waals surface area contributed by atoms with Crippen LogP contribution in [0.3, 0.4) is 0 Å². The van der Waals surface area contributed by atoms with Gasteiger partial charge in [0.1, 0.15) is 29.4 Å². The summed E-state index contributed by atoms with van der Waals surface area (Å²) in [6.45, 7) is 2.20. The van der Waals surface area contributed by atoms with Crippen LogP contribution in [0.1, 0.15) is 38.1 Å². The first kappa shape index (κ1) is 29.6. The van der Waals surface area contributed by atoms with Crippen molar-refractivity contribution in [2.24, 2.45) is 0 Å². The Morgan fingerprint density at radius 3 is 2.11 bits per heavy atom. The van der Waals surface area contributed by atoms with Crippen molar-refractivity contribution >= 4 is 41.0 Å². The number of thiocarbonyl (C=S) groups is 1. The quantitative estimate of drug-likeness (QED) is 0.177. The van der Waals surface area contributed by atoms with Gasteiger partial charge in [0.25, 0.3) is 11.8 Å². The summed E-state index contributed by atoms with van der Waals surface area (Å²) in [6, 6.07) is 32.4. The SMILES string of the molecule is Cc1ccc(SC2O[C@@H]3COC(c4ccccc4)O[C@H]3[C@H](OC(=S)Oc3ccccc3)[C@H]2N2C(=O)c3ccccc3C2=O)cc1. The molecule has 7 rings (SSSR count). The summed E-state index contributed by atoms with van der Waals surface area (Å²) < 4.78 is 31.7. The molecule has 0 aromatic heterocycles. The van der Waals surface area contributed by atoms with Gasteiger partial charge >= 0.3 is 5.24 Å².